The van der Waals surface area contributed by atoms with Crippen LogP contribution in [0.15, 0.2) is 84.9 Å². The van der Waals surface area contributed by atoms with Gasteiger partial charge in [-0.3, -0.25) is 9.59 Å². The van der Waals surface area contributed by atoms with Crippen molar-refractivity contribution in [2.45, 2.75) is 56.9 Å². The lowest BCUT2D eigenvalue weighted by Gasteiger charge is -2.35. The average Bonchev–Trinajstić information content (AvgIpc) is 2.98. The first kappa shape index (κ1) is 27.6. The normalized spacial score (nSPS) is 15.9. The molecule has 1 heterocycles. The second-order valence-electron chi connectivity index (χ2n) is 10.4. The molecule has 0 spiro atoms. The number of rotatable bonds is 11. The fraction of sp³-hybridized carbons (Fsp3) is 0.394. The van der Waals surface area contributed by atoms with Gasteiger partial charge in [-0.05, 0) is 61.4 Å². The summed E-state index contributed by atoms with van der Waals surface area (Å²) < 4.78 is 5.05. The van der Waals surface area contributed by atoms with Crippen LogP contribution in [-0.2, 0) is 14.9 Å². The van der Waals surface area contributed by atoms with Crippen LogP contribution in [0.5, 0.6) is 0 Å². The Labute approximate surface area is 227 Å². The molecule has 1 aliphatic heterocycles. The molecule has 1 aliphatic rings. The van der Waals surface area contributed by atoms with Crippen LogP contribution < -0.4 is 5.32 Å². The number of nitrogens with zero attached hydrogens (tertiary/aromatic N) is 1. The number of benzene rings is 3. The second-order valence-corrected chi connectivity index (χ2v) is 10.4. The number of carbonyl (C=O) groups is 2. The lowest BCUT2D eigenvalue weighted by molar-refractivity contribution is -0.142. The van der Waals surface area contributed by atoms with Gasteiger partial charge in [-0.2, -0.15) is 0 Å². The number of methoxy groups -OCH3 is 1. The van der Waals surface area contributed by atoms with Crippen LogP contribution in [0.25, 0.3) is 11.1 Å². The number of hydrogen-bond donors (Lipinski definition) is 1. The van der Waals surface area contributed by atoms with Crippen molar-refractivity contribution in [3.05, 3.63) is 96.1 Å². The SMILES string of the molecule is CCC(CCCN1CCC(NC(=O)c2ccccc2-c2ccccc2)CC1)(CC(=O)OC)c1ccccc1. The molecule has 0 aromatic heterocycles. The van der Waals surface area contributed by atoms with Crippen molar-refractivity contribution in [1.29, 1.82) is 0 Å². The van der Waals surface area contributed by atoms with E-state index in [9.17, 15) is 9.59 Å². The van der Waals surface area contributed by atoms with Gasteiger partial charge >= 0.3 is 5.97 Å². The Hall–Kier alpha value is -3.44. The standard InChI is InChI=1S/C33H40N2O3/c1-3-33(25-31(36)38-2,27-15-8-5-9-16-27)21-12-22-35-23-19-28(20-24-35)34-32(37)30-18-11-10-17-29(30)26-13-6-4-7-14-26/h4-11,13-18,28H,3,12,19-25H2,1-2H3,(H,34,37). The van der Waals surface area contributed by atoms with Crippen LogP contribution in [0, 0.1) is 0 Å². The van der Waals surface area contributed by atoms with Crippen molar-refractivity contribution >= 4 is 11.9 Å². The van der Waals surface area contributed by atoms with Crippen LogP contribution in [-0.4, -0.2) is 49.6 Å². The first-order chi connectivity index (χ1) is 18.5. The highest BCUT2D eigenvalue weighted by Crippen LogP contribution is 2.37. The van der Waals surface area contributed by atoms with E-state index in [1.807, 2.05) is 72.8 Å². The van der Waals surface area contributed by atoms with E-state index in [1.165, 1.54) is 12.7 Å². The smallest absolute Gasteiger partial charge is 0.306 e. The largest absolute Gasteiger partial charge is 0.469 e. The van der Waals surface area contributed by atoms with Crippen LogP contribution in [0.4, 0.5) is 0 Å². The number of esters is 1. The summed E-state index contributed by atoms with van der Waals surface area (Å²) in [6, 6.07) is 28.5. The van der Waals surface area contributed by atoms with Gasteiger partial charge in [-0.1, -0.05) is 85.8 Å². The molecule has 1 amide bonds. The molecule has 1 atom stereocenters. The molecule has 1 fully saturated rings. The monoisotopic (exact) mass is 512 g/mol. The summed E-state index contributed by atoms with van der Waals surface area (Å²) in [5, 5.41) is 3.29. The topological polar surface area (TPSA) is 58.6 Å². The number of carbonyl (C=O) groups excluding carboxylic acids is 2. The number of piperidine rings is 1. The summed E-state index contributed by atoms with van der Waals surface area (Å²) in [7, 11) is 1.47. The minimum absolute atomic E-state index is 0.00121. The molecular formula is C33H40N2O3. The van der Waals surface area contributed by atoms with Gasteiger partial charge < -0.3 is 15.0 Å². The highest BCUT2D eigenvalue weighted by Gasteiger charge is 2.33. The molecule has 5 nitrogen and oxygen atoms in total. The van der Waals surface area contributed by atoms with E-state index in [2.05, 4.69) is 29.3 Å². The molecule has 3 aromatic rings. The molecule has 4 rings (SSSR count). The lowest BCUT2D eigenvalue weighted by atomic mass is 9.72. The van der Waals surface area contributed by atoms with Crippen molar-refractivity contribution in [2.75, 3.05) is 26.7 Å². The molecule has 0 saturated carbocycles. The van der Waals surface area contributed by atoms with Crippen molar-refractivity contribution in [3.63, 3.8) is 0 Å². The fourth-order valence-corrected chi connectivity index (χ4v) is 5.74. The quantitative estimate of drug-likeness (QED) is 0.309. The predicted octanol–water partition coefficient (Wildman–Crippen LogP) is 6.24. The number of amides is 1. The zero-order valence-corrected chi connectivity index (χ0v) is 22.7. The number of ether oxygens (including phenoxy) is 1. The molecule has 1 N–H and O–H groups in total. The Bertz CT molecular complexity index is 1170. The van der Waals surface area contributed by atoms with E-state index in [-0.39, 0.29) is 23.3 Å². The van der Waals surface area contributed by atoms with Gasteiger partial charge in [0.25, 0.3) is 5.91 Å². The third-order valence-corrected chi connectivity index (χ3v) is 8.08. The summed E-state index contributed by atoms with van der Waals surface area (Å²) in [5.41, 5.74) is 3.76. The third-order valence-electron chi connectivity index (χ3n) is 8.08. The third kappa shape index (κ3) is 6.90. The van der Waals surface area contributed by atoms with E-state index in [0.717, 1.165) is 68.4 Å². The molecular weight excluding hydrogens is 472 g/mol. The van der Waals surface area contributed by atoms with Gasteiger partial charge in [0.15, 0.2) is 0 Å². The van der Waals surface area contributed by atoms with Gasteiger partial charge in [0.2, 0.25) is 0 Å². The first-order valence-electron chi connectivity index (χ1n) is 13.8. The minimum atomic E-state index is -0.202. The maximum atomic E-state index is 13.2. The van der Waals surface area contributed by atoms with Crippen molar-refractivity contribution in [3.8, 4) is 11.1 Å². The maximum Gasteiger partial charge on any atom is 0.306 e. The van der Waals surface area contributed by atoms with E-state index < -0.39 is 0 Å². The highest BCUT2D eigenvalue weighted by molar-refractivity contribution is 6.01. The molecule has 0 bridgehead atoms. The van der Waals surface area contributed by atoms with E-state index in [4.69, 9.17) is 4.74 Å². The summed E-state index contributed by atoms with van der Waals surface area (Å²) in [6.45, 7) is 5.09. The Kier molecular flexibility index (Phi) is 9.72. The van der Waals surface area contributed by atoms with E-state index in [1.54, 1.807) is 0 Å². The average molecular weight is 513 g/mol. The van der Waals surface area contributed by atoms with Gasteiger partial charge in [-0.15, -0.1) is 0 Å². The lowest BCUT2D eigenvalue weighted by Crippen LogP contribution is -2.45. The van der Waals surface area contributed by atoms with E-state index in [0.29, 0.717) is 6.42 Å². The number of nitrogens with one attached hydrogen (secondary N) is 1. The zero-order valence-electron chi connectivity index (χ0n) is 22.7. The second kappa shape index (κ2) is 13.4. The van der Waals surface area contributed by atoms with Gasteiger partial charge in [0, 0.05) is 30.1 Å². The summed E-state index contributed by atoms with van der Waals surface area (Å²) >= 11 is 0. The number of hydrogen-bond acceptors (Lipinski definition) is 4. The molecule has 5 heteroatoms. The molecule has 0 radical (unpaired) electrons. The van der Waals surface area contributed by atoms with Crippen molar-refractivity contribution in [1.82, 2.24) is 10.2 Å². The Morgan fingerprint density at radius 1 is 0.921 bits per heavy atom. The van der Waals surface area contributed by atoms with Gasteiger partial charge in [0.05, 0.1) is 13.5 Å². The van der Waals surface area contributed by atoms with Gasteiger partial charge in [0.1, 0.15) is 0 Å². The molecule has 0 aliphatic carbocycles. The molecule has 3 aromatic carbocycles. The predicted molar refractivity (Wildman–Crippen MR) is 153 cm³/mol. The summed E-state index contributed by atoms with van der Waals surface area (Å²) in [6.07, 6.45) is 5.14. The van der Waals surface area contributed by atoms with Crippen molar-refractivity contribution < 1.29 is 14.3 Å². The summed E-state index contributed by atoms with van der Waals surface area (Å²) in [4.78, 5) is 28.0. The van der Waals surface area contributed by atoms with Crippen LogP contribution in [0.3, 0.4) is 0 Å². The molecule has 1 saturated heterocycles. The van der Waals surface area contributed by atoms with Crippen LogP contribution >= 0.6 is 0 Å². The minimum Gasteiger partial charge on any atom is -0.469 e. The fourth-order valence-electron chi connectivity index (χ4n) is 5.74. The Morgan fingerprint density at radius 3 is 2.21 bits per heavy atom. The molecule has 200 valence electrons. The Morgan fingerprint density at radius 2 is 1.55 bits per heavy atom. The highest BCUT2D eigenvalue weighted by atomic mass is 16.5. The maximum absolute atomic E-state index is 13.2. The molecule has 1 unspecified atom stereocenters. The van der Waals surface area contributed by atoms with Crippen LogP contribution in [0.2, 0.25) is 0 Å². The van der Waals surface area contributed by atoms with Crippen LogP contribution in [0.1, 0.15) is 61.4 Å². The first-order valence-corrected chi connectivity index (χ1v) is 13.8. The van der Waals surface area contributed by atoms with E-state index >= 15 is 0 Å². The Balaban J connectivity index is 1.30. The van der Waals surface area contributed by atoms with Crippen molar-refractivity contribution in [2.24, 2.45) is 0 Å². The van der Waals surface area contributed by atoms with Gasteiger partial charge in [-0.25, -0.2) is 0 Å². The molecule has 38 heavy (non-hydrogen) atoms. The number of likely N-dealkylation sites (tertiary alicyclic amines) is 1. The summed E-state index contributed by atoms with van der Waals surface area (Å²) in [5.74, 6) is -0.151. The zero-order chi connectivity index (χ0) is 26.8.